The lowest BCUT2D eigenvalue weighted by Crippen LogP contribution is -2.14. The highest BCUT2D eigenvalue weighted by atomic mass is 16.5. The first-order valence-electron chi connectivity index (χ1n) is 6.77. The van der Waals surface area contributed by atoms with Gasteiger partial charge in [-0.15, -0.1) is 0 Å². The number of fused-ring (bicyclic) bond motifs is 1. The van der Waals surface area contributed by atoms with Crippen molar-refractivity contribution in [2.45, 2.75) is 31.9 Å². The summed E-state index contributed by atoms with van der Waals surface area (Å²) < 4.78 is 8.02. The Balaban J connectivity index is 1.90. The molecular formula is C15H20N2O. The summed E-state index contributed by atoms with van der Waals surface area (Å²) in [7, 11) is 0. The van der Waals surface area contributed by atoms with Crippen LogP contribution in [0.1, 0.15) is 18.4 Å². The topological polar surface area (TPSA) is 40.2 Å². The number of aromatic nitrogens is 1. The highest BCUT2D eigenvalue weighted by Crippen LogP contribution is 2.23. The summed E-state index contributed by atoms with van der Waals surface area (Å²) in [6.45, 7) is 2.59. The summed E-state index contributed by atoms with van der Waals surface area (Å²) in [5.74, 6) is 0. The van der Waals surface area contributed by atoms with Gasteiger partial charge in [-0.2, -0.15) is 0 Å². The van der Waals surface area contributed by atoms with Crippen LogP contribution >= 0.6 is 0 Å². The second-order valence-corrected chi connectivity index (χ2v) is 4.99. The van der Waals surface area contributed by atoms with Crippen LogP contribution in [0.4, 0.5) is 0 Å². The first-order valence-corrected chi connectivity index (χ1v) is 6.77. The maximum atomic E-state index is 5.71. The van der Waals surface area contributed by atoms with Crippen LogP contribution in [0.5, 0.6) is 0 Å². The summed E-state index contributed by atoms with van der Waals surface area (Å²) >= 11 is 0. The van der Waals surface area contributed by atoms with Gasteiger partial charge in [-0.1, -0.05) is 12.1 Å². The molecule has 96 valence electrons. The van der Waals surface area contributed by atoms with Crippen molar-refractivity contribution in [3.05, 3.63) is 36.0 Å². The lowest BCUT2D eigenvalue weighted by Gasteiger charge is -2.12. The summed E-state index contributed by atoms with van der Waals surface area (Å²) in [4.78, 5) is 0. The zero-order chi connectivity index (χ0) is 12.4. The molecule has 2 N–H and O–H groups in total. The lowest BCUT2D eigenvalue weighted by molar-refractivity contribution is 0.0980. The van der Waals surface area contributed by atoms with Crippen LogP contribution in [0.2, 0.25) is 0 Å². The van der Waals surface area contributed by atoms with Gasteiger partial charge in [0.05, 0.1) is 6.10 Å². The van der Waals surface area contributed by atoms with Gasteiger partial charge >= 0.3 is 0 Å². The highest BCUT2D eigenvalue weighted by molar-refractivity contribution is 5.83. The van der Waals surface area contributed by atoms with Crippen molar-refractivity contribution in [1.29, 1.82) is 0 Å². The Morgan fingerprint density at radius 1 is 1.33 bits per heavy atom. The van der Waals surface area contributed by atoms with Crippen LogP contribution in [-0.4, -0.2) is 23.8 Å². The van der Waals surface area contributed by atoms with E-state index in [4.69, 9.17) is 10.5 Å². The van der Waals surface area contributed by atoms with Crippen molar-refractivity contribution >= 4 is 10.9 Å². The largest absolute Gasteiger partial charge is 0.376 e. The Morgan fingerprint density at radius 3 is 3.06 bits per heavy atom. The summed E-state index contributed by atoms with van der Waals surface area (Å²) in [5, 5.41) is 1.33. The number of hydrogen-bond donors (Lipinski definition) is 1. The van der Waals surface area contributed by atoms with Gasteiger partial charge in [-0.3, -0.25) is 0 Å². The second kappa shape index (κ2) is 5.12. The molecule has 0 amide bonds. The van der Waals surface area contributed by atoms with Crippen LogP contribution in [0, 0.1) is 0 Å². The van der Waals surface area contributed by atoms with Gasteiger partial charge in [0.25, 0.3) is 0 Å². The molecule has 1 aliphatic heterocycles. The van der Waals surface area contributed by atoms with E-state index in [2.05, 4.69) is 35.0 Å². The maximum absolute atomic E-state index is 5.71. The van der Waals surface area contributed by atoms with E-state index in [0.29, 0.717) is 12.6 Å². The minimum absolute atomic E-state index is 0.388. The number of nitrogens with two attached hydrogens (primary N) is 1. The third kappa shape index (κ3) is 2.16. The third-order valence-corrected chi connectivity index (χ3v) is 3.74. The Labute approximate surface area is 108 Å². The van der Waals surface area contributed by atoms with E-state index in [1.165, 1.54) is 29.3 Å². The number of nitrogens with zero attached hydrogens (tertiary/aromatic N) is 1. The monoisotopic (exact) mass is 244 g/mol. The molecule has 1 fully saturated rings. The number of ether oxygens (including phenoxy) is 1. The zero-order valence-electron chi connectivity index (χ0n) is 10.6. The number of benzene rings is 1. The standard InChI is InChI=1S/C15H20N2O/c16-8-6-12-3-1-5-15-14(12)7-9-17(15)11-13-4-2-10-18-13/h1,3,5,7,9,13H,2,4,6,8,10-11,16H2. The summed E-state index contributed by atoms with van der Waals surface area (Å²) in [6, 6.07) is 8.69. The molecule has 18 heavy (non-hydrogen) atoms. The van der Waals surface area contributed by atoms with E-state index in [9.17, 15) is 0 Å². The predicted octanol–water partition coefficient (Wildman–Crippen LogP) is 2.32. The Morgan fingerprint density at radius 2 is 2.28 bits per heavy atom. The van der Waals surface area contributed by atoms with Crippen LogP contribution < -0.4 is 5.73 Å². The Bertz CT molecular complexity index is 526. The molecule has 1 aromatic heterocycles. The molecule has 3 nitrogen and oxygen atoms in total. The average molecular weight is 244 g/mol. The zero-order valence-corrected chi connectivity index (χ0v) is 10.6. The Kier molecular flexibility index (Phi) is 3.35. The van der Waals surface area contributed by atoms with Crippen molar-refractivity contribution < 1.29 is 4.74 Å². The van der Waals surface area contributed by atoms with Crippen molar-refractivity contribution in [3.8, 4) is 0 Å². The normalized spacial score (nSPS) is 19.7. The van der Waals surface area contributed by atoms with E-state index in [1.807, 2.05) is 0 Å². The smallest absolute Gasteiger partial charge is 0.0754 e. The summed E-state index contributed by atoms with van der Waals surface area (Å²) in [6.07, 6.45) is 5.89. The summed E-state index contributed by atoms with van der Waals surface area (Å²) in [5.41, 5.74) is 8.31. The highest BCUT2D eigenvalue weighted by Gasteiger charge is 2.16. The van der Waals surface area contributed by atoms with Crippen LogP contribution in [0.3, 0.4) is 0 Å². The van der Waals surface area contributed by atoms with Gasteiger partial charge in [-0.25, -0.2) is 0 Å². The number of hydrogen-bond acceptors (Lipinski definition) is 2. The van der Waals surface area contributed by atoms with Crippen LogP contribution in [0.25, 0.3) is 10.9 Å². The average Bonchev–Trinajstić information content (AvgIpc) is 3.01. The molecule has 2 heterocycles. The minimum atomic E-state index is 0.388. The molecule has 2 aromatic rings. The SMILES string of the molecule is NCCc1cccc2c1ccn2CC1CCCO1. The van der Waals surface area contributed by atoms with Gasteiger partial charge in [0.15, 0.2) is 0 Å². The fourth-order valence-corrected chi connectivity index (χ4v) is 2.83. The molecule has 0 spiro atoms. The van der Waals surface area contributed by atoms with Gasteiger partial charge in [0.1, 0.15) is 0 Å². The van der Waals surface area contributed by atoms with E-state index in [0.717, 1.165) is 19.6 Å². The first kappa shape index (κ1) is 11.8. The van der Waals surface area contributed by atoms with Gasteiger partial charge in [0, 0.05) is 30.3 Å². The quantitative estimate of drug-likeness (QED) is 0.896. The number of rotatable bonds is 4. The van der Waals surface area contributed by atoms with Gasteiger partial charge in [-0.05, 0) is 43.5 Å². The van der Waals surface area contributed by atoms with E-state index < -0.39 is 0 Å². The first-order chi connectivity index (χ1) is 8.88. The predicted molar refractivity (Wildman–Crippen MR) is 73.7 cm³/mol. The molecule has 0 bridgehead atoms. The van der Waals surface area contributed by atoms with E-state index >= 15 is 0 Å². The molecule has 1 aromatic carbocycles. The molecule has 1 saturated heterocycles. The van der Waals surface area contributed by atoms with E-state index in [1.54, 1.807) is 0 Å². The fraction of sp³-hybridized carbons (Fsp3) is 0.467. The van der Waals surface area contributed by atoms with Gasteiger partial charge < -0.3 is 15.0 Å². The van der Waals surface area contributed by atoms with Gasteiger partial charge in [0.2, 0.25) is 0 Å². The molecule has 1 aliphatic rings. The van der Waals surface area contributed by atoms with E-state index in [-0.39, 0.29) is 0 Å². The molecule has 0 saturated carbocycles. The van der Waals surface area contributed by atoms with Crippen LogP contribution in [0.15, 0.2) is 30.5 Å². The fourth-order valence-electron chi connectivity index (χ4n) is 2.83. The molecule has 1 atom stereocenters. The second-order valence-electron chi connectivity index (χ2n) is 4.99. The molecule has 3 rings (SSSR count). The third-order valence-electron chi connectivity index (χ3n) is 3.74. The molecule has 1 unspecified atom stereocenters. The van der Waals surface area contributed by atoms with Crippen molar-refractivity contribution in [1.82, 2.24) is 4.57 Å². The maximum Gasteiger partial charge on any atom is 0.0754 e. The molecular weight excluding hydrogens is 224 g/mol. The lowest BCUT2D eigenvalue weighted by atomic mass is 10.1. The minimum Gasteiger partial charge on any atom is -0.376 e. The molecule has 3 heteroatoms. The Hall–Kier alpha value is -1.32. The molecule has 0 radical (unpaired) electrons. The van der Waals surface area contributed by atoms with Crippen molar-refractivity contribution in [3.63, 3.8) is 0 Å². The molecule has 0 aliphatic carbocycles. The van der Waals surface area contributed by atoms with Crippen LogP contribution in [-0.2, 0) is 17.7 Å². The van der Waals surface area contributed by atoms with Crippen molar-refractivity contribution in [2.24, 2.45) is 5.73 Å². The van der Waals surface area contributed by atoms with Crippen molar-refractivity contribution in [2.75, 3.05) is 13.2 Å².